The molecule has 1 aromatic heterocycles. The quantitative estimate of drug-likeness (QED) is 0.416. The van der Waals surface area contributed by atoms with Crippen LogP contribution in [0.1, 0.15) is 43.5 Å². The molecule has 0 spiro atoms. The summed E-state index contributed by atoms with van der Waals surface area (Å²) in [6.45, 7) is 6.65. The van der Waals surface area contributed by atoms with E-state index in [0.29, 0.717) is 6.54 Å². The van der Waals surface area contributed by atoms with Gasteiger partial charge in [0.1, 0.15) is 12.3 Å². The highest BCUT2D eigenvalue weighted by Gasteiger charge is 2.16. The Morgan fingerprint density at radius 2 is 1.92 bits per heavy atom. The fraction of sp³-hybridized carbons (Fsp3) is 0.474. The van der Waals surface area contributed by atoms with Crippen LogP contribution in [-0.4, -0.2) is 28.9 Å². The number of guanidine groups is 1. The first-order valence-electron chi connectivity index (χ1n) is 8.83. The summed E-state index contributed by atoms with van der Waals surface area (Å²) in [4.78, 5) is 11.6. The molecule has 0 amide bonds. The maximum Gasteiger partial charge on any atom is 0.198 e. The molecule has 0 bridgehead atoms. The highest BCUT2D eigenvalue weighted by Crippen LogP contribution is 2.15. The number of hydrogen-bond acceptors (Lipinski definition) is 3. The predicted octanol–water partition coefficient (Wildman–Crippen LogP) is 4.62. The molecule has 0 unspecified atom stereocenters. The van der Waals surface area contributed by atoms with Crippen LogP contribution in [0.4, 0.5) is 5.69 Å². The molecule has 1 aliphatic heterocycles. The van der Waals surface area contributed by atoms with Crippen LogP contribution in [0, 0.1) is 6.92 Å². The highest BCUT2D eigenvalue weighted by molar-refractivity contribution is 14.0. The number of nitrogens with zero attached hydrogens (tertiary/aromatic N) is 3. The molecule has 1 N–H and O–H groups in total. The number of para-hydroxylation sites is 1. The van der Waals surface area contributed by atoms with Gasteiger partial charge < -0.3 is 14.6 Å². The van der Waals surface area contributed by atoms with Crippen LogP contribution in [0.25, 0.3) is 0 Å². The summed E-state index contributed by atoms with van der Waals surface area (Å²) >= 11 is 0. The van der Waals surface area contributed by atoms with E-state index in [1.807, 2.05) is 25.1 Å². The Labute approximate surface area is 166 Å². The van der Waals surface area contributed by atoms with Crippen molar-refractivity contribution in [3.05, 3.63) is 47.7 Å². The first kappa shape index (κ1) is 19.8. The van der Waals surface area contributed by atoms with Crippen molar-refractivity contribution in [2.45, 2.75) is 46.1 Å². The van der Waals surface area contributed by atoms with E-state index in [4.69, 9.17) is 9.41 Å². The zero-order valence-corrected chi connectivity index (χ0v) is 17.3. The summed E-state index contributed by atoms with van der Waals surface area (Å²) in [5.74, 6) is 2.57. The number of piperidine rings is 1. The molecular weight excluding hydrogens is 427 g/mol. The van der Waals surface area contributed by atoms with Crippen LogP contribution in [0.5, 0.6) is 0 Å². The smallest absolute Gasteiger partial charge is 0.198 e. The highest BCUT2D eigenvalue weighted by atomic mass is 127. The largest absolute Gasteiger partial charge is 0.443 e. The fourth-order valence-electron chi connectivity index (χ4n) is 2.91. The lowest BCUT2D eigenvalue weighted by molar-refractivity contribution is 0.340. The SMILES string of the molecule is CCc1nc(C)c(CN=C(Nc2ccccc2)N2CCCCC2)o1.I. The first-order chi connectivity index (χ1) is 11.8. The molecule has 0 radical (unpaired) electrons. The average molecular weight is 454 g/mol. The molecule has 5 nitrogen and oxygen atoms in total. The molecule has 2 aromatic rings. The minimum Gasteiger partial charge on any atom is -0.443 e. The van der Waals surface area contributed by atoms with Crippen LogP contribution >= 0.6 is 24.0 Å². The Bertz CT molecular complexity index is 678. The lowest BCUT2D eigenvalue weighted by atomic mass is 10.1. The van der Waals surface area contributed by atoms with Crippen molar-refractivity contribution < 1.29 is 4.42 Å². The van der Waals surface area contributed by atoms with Gasteiger partial charge in [0.05, 0.1) is 5.69 Å². The van der Waals surface area contributed by atoms with E-state index in [0.717, 1.165) is 48.5 Å². The number of hydrogen-bond donors (Lipinski definition) is 1. The van der Waals surface area contributed by atoms with E-state index in [2.05, 4.69) is 34.3 Å². The van der Waals surface area contributed by atoms with E-state index in [9.17, 15) is 0 Å². The van der Waals surface area contributed by atoms with Crippen LogP contribution in [0.2, 0.25) is 0 Å². The molecule has 25 heavy (non-hydrogen) atoms. The minimum absolute atomic E-state index is 0. The monoisotopic (exact) mass is 454 g/mol. The summed E-state index contributed by atoms with van der Waals surface area (Å²) in [6.07, 6.45) is 4.55. The summed E-state index contributed by atoms with van der Waals surface area (Å²) in [5.41, 5.74) is 2.00. The lowest BCUT2D eigenvalue weighted by Gasteiger charge is -2.30. The standard InChI is InChI=1S/C19H26N4O.HI/c1-3-18-21-15(2)17(24-18)14-20-19(23-12-8-5-9-13-23)22-16-10-6-4-7-11-16;/h4,6-7,10-11H,3,5,8-9,12-14H2,1-2H3,(H,20,22);1H. The molecular formula is C19H27IN4O. The predicted molar refractivity (Wildman–Crippen MR) is 113 cm³/mol. The number of nitrogens with one attached hydrogen (secondary N) is 1. The van der Waals surface area contributed by atoms with Gasteiger partial charge in [0, 0.05) is 25.2 Å². The van der Waals surface area contributed by atoms with Crippen LogP contribution in [0.3, 0.4) is 0 Å². The van der Waals surface area contributed by atoms with E-state index in [-0.39, 0.29) is 24.0 Å². The number of aryl methyl sites for hydroxylation is 2. The normalized spacial score (nSPS) is 15.0. The number of rotatable bonds is 4. The van der Waals surface area contributed by atoms with E-state index < -0.39 is 0 Å². The van der Waals surface area contributed by atoms with Crippen molar-refractivity contribution in [3.63, 3.8) is 0 Å². The Morgan fingerprint density at radius 1 is 1.20 bits per heavy atom. The third-order valence-electron chi connectivity index (χ3n) is 4.30. The summed E-state index contributed by atoms with van der Waals surface area (Å²) < 4.78 is 5.79. The zero-order valence-electron chi connectivity index (χ0n) is 15.0. The van der Waals surface area contributed by atoms with Gasteiger partial charge in [0.15, 0.2) is 11.9 Å². The number of aromatic nitrogens is 1. The maximum absolute atomic E-state index is 5.79. The number of anilines is 1. The molecule has 3 rings (SSSR count). The first-order valence-corrected chi connectivity index (χ1v) is 8.83. The molecule has 1 saturated heterocycles. The van der Waals surface area contributed by atoms with Crippen molar-refractivity contribution in [1.29, 1.82) is 0 Å². The van der Waals surface area contributed by atoms with Crippen molar-refractivity contribution in [2.75, 3.05) is 18.4 Å². The molecule has 1 aromatic carbocycles. The summed E-state index contributed by atoms with van der Waals surface area (Å²) in [7, 11) is 0. The van der Waals surface area contributed by atoms with Gasteiger partial charge in [-0.15, -0.1) is 24.0 Å². The van der Waals surface area contributed by atoms with Crippen molar-refractivity contribution >= 4 is 35.6 Å². The van der Waals surface area contributed by atoms with E-state index in [1.165, 1.54) is 19.3 Å². The lowest BCUT2D eigenvalue weighted by Crippen LogP contribution is -2.40. The van der Waals surface area contributed by atoms with Crippen molar-refractivity contribution in [3.8, 4) is 0 Å². The van der Waals surface area contributed by atoms with Gasteiger partial charge in [-0.25, -0.2) is 9.98 Å². The Balaban J connectivity index is 0.00000225. The second-order valence-corrected chi connectivity index (χ2v) is 6.15. The van der Waals surface area contributed by atoms with Crippen LogP contribution < -0.4 is 5.32 Å². The Kier molecular flexibility index (Phi) is 7.74. The molecule has 0 atom stereocenters. The van der Waals surface area contributed by atoms with Gasteiger partial charge in [-0.1, -0.05) is 25.1 Å². The number of halogens is 1. The average Bonchev–Trinajstić information content (AvgIpc) is 3.00. The fourth-order valence-corrected chi connectivity index (χ4v) is 2.91. The topological polar surface area (TPSA) is 53.7 Å². The number of benzene rings is 1. The molecule has 0 aliphatic carbocycles. The van der Waals surface area contributed by atoms with Gasteiger partial charge in [0.25, 0.3) is 0 Å². The van der Waals surface area contributed by atoms with Gasteiger partial charge >= 0.3 is 0 Å². The van der Waals surface area contributed by atoms with Gasteiger partial charge in [-0.3, -0.25) is 0 Å². The second kappa shape index (κ2) is 9.79. The molecule has 6 heteroatoms. The summed E-state index contributed by atoms with van der Waals surface area (Å²) in [5, 5.41) is 3.47. The molecule has 1 fully saturated rings. The Hall–Kier alpha value is -1.57. The number of oxazole rings is 1. The van der Waals surface area contributed by atoms with E-state index >= 15 is 0 Å². The van der Waals surface area contributed by atoms with Gasteiger partial charge in [0.2, 0.25) is 0 Å². The number of aliphatic imine (C=N–C) groups is 1. The third kappa shape index (κ3) is 5.45. The molecule has 0 saturated carbocycles. The maximum atomic E-state index is 5.79. The summed E-state index contributed by atoms with van der Waals surface area (Å²) in [6, 6.07) is 10.2. The van der Waals surface area contributed by atoms with Crippen LogP contribution in [0.15, 0.2) is 39.7 Å². The molecule has 1 aliphatic rings. The minimum atomic E-state index is 0. The molecule has 2 heterocycles. The van der Waals surface area contributed by atoms with Crippen molar-refractivity contribution in [2.24, 2.45) is 4.99 Å². The van der Waals surface area contributed by atoms with Gasteiger partial charge in [-0.05, 0) is 38.3 Å². The third-order valence-corrected chi connectivity index (χ3v) is 4.30. The van der Waals surface area contributed by atoms with Crippen LogP contribution in [-0.2, 0) is 13.0 Å². The van der Waals surface area contributed by atoms with E-state index in [1.54, 1.807) is 0 Å². The van der Waals surface area contributed by atoms with Gasteiger partial charge in [-0.2, -0.15) is 0 Å². The second-order valence-electron chi connectivity index (χ2n) is 6.15. The van der Waals surface area contributed by atoms with Crippen molar-refractivity contribution in [1.82, 2.24) is 9.88 Å². The number of likely N-dealkylation sites (tertiary alicyclic amines) is 1. The molecule has 136 valence electrons. The Morgan fingerprint density at radius 3 is 2.56 bits per heavy atom. The zero-order chi connectivity index (χ0) is 16.8.